The number of rotatable bonds is 6. The highest BCUT2D eigenvalue weighted by Crippen LogP contribution is 2.30. The van der Waals surface area contributed by atoms with Crippen LogP contribution >= 0.6 is 22.9 Å². The van der Waals surface area contributed by atoms with Crippen molar-refractivity contribution in [2.45, 2.75) is 19.1 Å². The Morgan fingerprint density at radius 2 is 1.76 bits per heavy atom. The Morgan fingerprint density at radius 1 is 1.06 bits per heavy atom. The summed E-state index contributed by atoms with van der Waals surface area (Å²) in [5, 5.41) is 5.28. The number of anilines is 1. The number of nitrogens with zero attached hydrogens (tertiary/aromatic N) is 2. The molecule has 2 heterocycles. The molecule has 10 heteroatoms. The fraction of sp³-hybridized carbons (Fsp3) is 0.130. The number of halogens is 4. The molecule has 0 spiro atoms. The van der Waals surface area contributed by atoms with Crippen LogP contribution in [0.15, 0.2) is 72.4 Å². The number of thiazole rings is 1. The third-order valence-electron chi connectivity index (χ3n) is 4.71. The molecule has 0 aliphatic carbocycles. The number of nitrogens with one attached hydrogen (secondary N) is 1. The number of ether oxygens (including phenoxy) is 1. The number of carbonyl (C=O) groups excluding carboxylic acids is 1. The van der Waals surface area contributed by atoms with Crippen LogP contribution in [0.25, 0.3) is 0 Å². The highest BCUT2D eigenvalue weighted by atomic mass is 35.5. The lowest BCUT2D eigenvalue weighted by Crippen LogP contribution is -2.18. The van der Waals surface area contributed by atoms with E-state index in [0.717, 1.165) is 23.3 Å². The van der Waals surface area contributed by atoms with Crippen LogP contribution in [0.2, 0.25) is 5.02 Å². The molecule has 5 nitrogen and oxygen atoms in total. The third-order valence-corrected chi connectivity index (χ3v) is 5.65. The van der Waals surface area contributed by atoms with Crippen LogP contribution in [-0.4, -0.2) is 15.6 Å². The molecule has 0 saturated carbocycles. The summed E-state index contributed by atoms with van der Waals surface area (Å²) < 4.78 is 45.7. The van der Waals surface area contributed by atoms with Crippen molar-refractivity contribution in [2.75, 3.05) is 5.32 Å². The van der Waals surface area contributed by atoms with E-state index in [4.69, 9.17) is 16.3 Å². The monoisotopic (exact) mass is 491 g/mol. The molecule has 0 radical (unpaired) electrons. The number of amides is 1. The van der Waals surface area contributed by atoms with Gasteiger partial charge in [0.25, 0.3) is 0 Å². The smallest absolute Gasteiger partial charge is 0.393 e. The largest absolute Gasteiger partial charge is 0.420 e. The summed E-state index contributed by atoms with van der Waals surface area (Å²) in [7, 11) is 0. The molecular formula is C23H17ClF3N3O2S. The summed E-state index contributed by atoms with van der Waals surface area (Å²) in [4.78, 5) is 16.3. The first-order valence-corrected chi connectivity index (χ1v) is 11.0. The lowest BCUT2D eigenvalue weighted by Gasteiger charge is -2.11. The molecule has 33 heavy (non-hydrogen) atoms. The van der Waals surface area contributed by atoms with Gasteiger partial charge in [-0.25, -0.2) is 9.78 Å². The van der Waals surface area contributed by atoms with Crippen molar-refractivity contribution < 1.29 is 22.7 Å². The fourth-order valence-electron chi connectivity index (χ4n) is 3.18. The van der Waals surface area contributed by atoms with E-state index < -0.39 is 17.8 Å². The molecule has 2 aromatic heterocycles. The molecular weight excluding hydrogens is 475 g/mol. The number of carbonyl (C=O) groups is 1. The molecule has 2 aromatic carbocycles. The zero-order valence-corrected chi connectivity index (χ0v) is 18.5. The van der Waals surface area contributed by atoms with E-state index in [0.29, 0.717) is 22.1 Å². The van der Waals surface area contributed by atoms with Crippen molar-refractivity contribution >= 4 is 34.2 Å². The third kappa shape index (κ3) is 6.15. The van der Waals surface area contributed by atoms with Crippen molar-refractivity contribution in [2.24, 2.45) is 0 Å². The summed E-state index contributed by atoms with van der Waals surface area (Å²) in [6.45, 7) is 0.221. The van der Waals surface area contributed by atoms with Crippen molar-refractivity contribution in [1.29, 1.82) is 0 Å². The zero-order chi connectivity index (χ0) is 23.4. The van der Waals surface area contributed by atoms with Crippen molar-refractivity contribution in [3.05, 3.63) is 99.6 Å². The maximum absolute atomic E-state index is 12.9. The second-order valence-corrected chi connectivity index (χ2v) is 8.50. The quantitative estimate of drug-likeness (QED) is 0.320. The van der Waals surface area contributed by atoms with Crippen LogP contribution in [0.5, 0.6) is 5.88 Å². The molecule has 1 amide bonds. The molecule has 0 aliphatic heterocycles. The average Bonchev–Trinajstić information content (AvgIpc) is 3.39. The molecule has 4 aromatic rings. The van der Waals surface area contributed by atoms with Gasteiger partial charge in [-0.2, -0.15) is 13.2 Å². The normalized spacial score (nSPS) is 11.4. The fourth-order valence-corrected chi connectivity index (χ4v) is 3.82. The maximum Gasteiger partial charge on any atom is 0.420 e. The Kier molecular flexibility index (Phi) is 6.71. The van der Waals surface area contributed by atoms with E-state index in [1.807, 2.05) is 12.1 Å². The van der Waals surface area contributed by atoms with Gasteiger partial charge in [0.2, 0.25) is 5.88 Å². The van der Waals surface area contributed by atoms with Gasteiger partial charge in [0.05, 0.1) is 12.1 Å². The number of hydrogen-bond acceptors (Lipinski definition) is 4. The van der Waals surface area contributed by atoms with Gasteiger partial charge in [-0.05, 0) is 47.4 Å². The second-order valence-electron chi connectivity index (χ2n) is 7.16. The van der Waals surface area contributed by atoms with Crippen LogP contribution < -0.4 is 10.1 Å². The molecule has 0 atom stereocenters. The Bertz CT molecular complexity index is 1220. The predicted molar refractivity (Wildman–Crippen MR) is 121 cm³/mol. The summed E-state index contributed by atoms with van der Waals surface area (Å²) in [5.41, 5.74) is 1.77. The molecule has 0 unspecified atom stereocenters. The summed E-state index contributed by atoms with van der Waals surface area (Å²) in [5.74, 6) is 0.257. The Hall–Kier alpha value is -3.30. The van der Waals surface area contributed by atoms with Gasteiger partial charge in [0, 0.05) is 28.9 Å². The molecule has 1 N–H and O–H groups in total. The summed E-state index contributed by atoms with van der Waals surface area (Å²) in [6, 6.07) is 14.0. The van der Waals surface area contributed by atoms with E-state index in [-0.39, 0.29) is 12.4 Å². The molecule has 0 saturated heterocycles. The molecule has 0 bridgehead atoms. The van der Waals surface area contributed by atoms with E-state index in [2.05, 4.69) is 10.3 Å². The number of benzene rings is 2. The molecule has 170 valence electrons. The minimum atomic E-state index is -4.40. The van der Waals surface area contributed by atoms with Gasteiger partial charge in [-0.1, -0.05) is 35.9 Å². The predicted octanol–water partition coefficient (Wildman–Crippen LogP) is 6.87. The minimum absolute atomic E-state index is 0.221. The van der Waals surface area contributed by atoms with E-state index in [1.165, 1.54) is 23.5 Å². The second kappa shape index (κ2) is 9.68. The van der Waals surface area contributed by atoms with Gasteiger partial charge < -0.3 is 9.30 Å². The first kappa shape index (κ1) is 22.9. The lowest BCUT2D eigenvalue weighted by molar-refractivity contribution is -0.137. The standard InChI is InChI=1S/C23H17ClF3N3O2S/c24-19-7-3-15(4-8-19)11-17-12-20(32-22(31)29-21-28-9-10-33-21)30(14-17)13-16-1-5-18(6-2-16)23(25,26)27/h1-10,12,14H,11,13H2,(H,28,29,31). The molecule has 0 fully saturated rings. The van der Waals surface area contributed by atoms with Gasteiger partial charge in [-0.15, -0.1) is 11.3 Å². The maximum atomic E-state index is 12.9. The highest BCUT2D eigenvalue weighted by Gasteiger charge is 2.30. The summed E-state index contributed by atoms with van der Waals surface area (Å²) >= 11 is 7.19. The van der Waals surface area contributed by atoms with Gasteiger partial charge in [-0.3, -0.25) is 5.32 Å². The van der Waals surface area contributed by atoms with E-state index >= 15 is 0 Å². The van der Waals surface area contributed by atoms with Gasteiger partial charge >= 0.3 is 12.3 Å². The lowest BCUT2D eigenvalue weighted by atomic mass is 10.1. The van der Waals surface area contributed by atoms with Crippen molar-refractivity contribution in [3.8, 4) is 5.88 Å². The average molecular weight is 492 g/mol. The zero-order valence-electron chi connectivity index (χ0n) is 17.0. The Labute approximate surface area is 196 Å². The van der Waals surface area contributed by atoms with Crippen molar-refractivity contribution in [1.82, 2.24) is 9.55 Å². The highest BCUT2D eigenvalue weighted by molar-refractivity contribution is 7.13. The van der Waals surface area contributed by atoms with Crippen LogP contribution in [0.4, 0.5) is 23.1 Å². The first-order valence-electron chi connectivity index (χ1n) is 9.74. The van der Waals surface area contributed by atoms with Crippen LogP contribution in [-0.2, 0) is 19.1 Å². The molecule has 4 rings (SSSR count). The number of aromatic nitrogens is 2. The topological polar surface area (TPSA) is 56.1 Å². The van der Waals surface area contributed by atoms with E-state index in [1.54, 1.807) is 40.5 Å². The molecule has 0 aliphatic rings. The van der Waals surface area contributed by atoms with E-state index in [9.17, 15) is 18.0 Å². The van der Waals surface area contributed by atoms with Crippen LogP contribution in [0.3, 0.4) is 0 Å². The summed E-state index contributed by atoms with van der Waals surface area (Å²) in [6.07, 6.45) is -1.20. The minimum Gasteiger partial charge on any atom is -0.393 e. The van der Waals surface area contributed by atoms with Crippen LogP contribution in [0.1, 0.15) is 22.3 Å². The van der Waals surface area contributed by atoms with Gasteiger partial charge in [0.15, 0.2) is 5.13 Å². The van der Waals surface area contributed by atoms with Crippen LogP contribution in [0, 0.1) is 0 Å². The van der Waals surface area contributed by atoms with Crippen molar-refractivity contribution in [3.63, 3.8) is 0 Å². The number of hydrogen-bond donors (Lipinski definition) is 1. The first-order chi connectivity index (χ1) is 15.8. The van der Waals surface area contributed by atoms with Gasteiger partial charge in [0.1, 0.15) is 0 Å². The number of alkyl halides is 3. The Morgan fingerprint density at radius 3 is 2.39 bits per heavy atom. The Balaban J connectivity index is 1.56. The SMILES string of the molecule is O=C(Nc1nccs1)Oc1cc(Cc2ccc(Cl)cc2)cn1Cc1ccc(C(F)(F)F)cc1.